The van der Waals surface area contributed by atoms with Gasteiger partial charge in [-0.25, -0.2) is 0 Å². The van der Waals surface area contributed by atoms with Gasteiger partial charge in [-0.2, -0.15) is 0 Å². The number of rotatable bonds is 1. The summed E-state index contributed by atoms with van der Waals surface area (Å²) in [4.78, 5) is 11.3. The van der Waals surface area contributed by atoms with E-state index in [0.29, 0.717) is 12.3 Å². The zero-order valence-electron chi connectivity index (χ0n) is 7.66. The maximum absolute atomic E-state index is 11.3. The van der Waals surface area contributed by atoms with Crippen molar-refractivity contribution < 1.29 is 9.90 Å². The SMILES string of the molecule is O=C1NCC2(c3ccccc3O)CC12. The number of phenols is 1. The van der Waals surface area contributed by atoms with Gasteiger partial charge in [-0.3, -0.25) is 4.79 Å². The van der Waals surface area contributed by atoms with E-state index in [0.717, 1.165) is 12.0 Å². The second-order valence-electron chi connectivity index (χ2n) is 4.15. The zero-order chi connectivity index (χ0) is 9.76. The first kappa shape index (κ1) is 7.85. The summed E-state index contributed by atoms with van der Waals surface area (Å²) in [5, 5.41) is 12.5. The second kappa shape index (κ2) is 2.29. The summed E-state index contributed by atoms with van der Waals surface area (Å²) in [6.07, 6.45) is 0.885. The molecule has 1 saturated carbocycles. The number of fused-ring (bicyclic) bond motifs is 1. The third-order valence-electron chi connectivity index (χ3n) is 3.41. The van der Waals surface area contributed by atoms with E-state index in [9.17, 15) is 9.90 Å². The highest BCUT2D eigenvalue weighted by Gasteiger charge is 2.64. The van der Waals surface area contributed by atoms with Gasteiger partial charge in [0.1, 0.15) is 5.75 Å². The lowest BCUT2D eigenvalue weighted by atomic mass is 9.94. The Morgan fingerprint density at radius 3 is 2.79 bits per heavy atom. The predicted octanol–water partition coefficient (Wildman–Crippen LogP) is 0.780. The van der Waals surface area contributed by atoms with E-state index >= 15 is 0 Å². The highest BCUT2D eigenvalue weighted by atomic mass is 16.3. The largest absolute Gasteiger partial charge is 0.508 e. The van der Waals surface area contributed by atoms with Crippen molar-refractivity contribution in [2.75, 3.05) is 6.54 Å². The van der Waals surface area contributed by atoms with Crippen LogP contribution in [0.4, 0.5) is 0 Å². The van der Waals surface area contributed by atoms with Crippen LogP contribution in [0.2, 0.25) is 0 Å². The van der Waals surface area contributed by atoms with Gasteiger partial charge in [0, 0.05) is 17.5 Å². The first-order valence-corrected chi connectivity index (χ1v) is 4.80. The lowest BCUT2D eigenvalue weighted by Crippen LogP contribution is -2.22. The molecule has 1 saturated heterocycles. The molecule has 1 heterocycles. The van der Waals surface area contributed by atoms with Crippen molar-refractivity contribution >= 4 is 5.91 Å². The number of piperidine rings is 1. The summed E-state index contributed by atoms with van der Waals surface area (Å²) in [6.45, 7) is 0.675. The van der Waals surface area contributed by atoms with Gasteiger partial charge in [-0.05, 0) is 12.5 Å². The molecule has 2 N–H and O–H groups in total. The fourth-order valence-corrected chi connectivity index (χ4v) is 2.50. The van der Waals surface area contributed by atoms with E-state index in [2.05, 4.69) is 5.32 Å². The Kier molecular flexibility index (Phi) is 1.29. The van der Waals surface area contributed by atoms with E-state index in [1.807, 2.05) is 12.1 Å². The molecule has 3 heteroatoms. The standard InChI is InChI=1S/C11H11NO2/c13-9-4-2-1-3-7(9)11-5-8(11)10(14)12-6-11/h1-4,8,13H,5-6H2,(H,12,14). The molecule has 3 nitrogen and oxygen atoms in total. The molecular weight excluding hydrogens is 178 g/mol. The van der Waals surface area contributed by atoms with E-state index < -0.39 is 0 Å². The number of amides is 1. The van der Waals surface area contributed by atoms with Crippen molar-refractivity contribution in [1.29, 1.82) is 0 Å². The monoisotopic (exact) mass is 189 g/mol. The minimum absolute atomic E-state index is 0.0933. The van der Waals surface area contributed by atoms with Crippen LogP contribution in [0.5, 0.6) is 5.75 Å². The fourth-order valence-electron chi connectivity index (χ4n) is 2.50. The third-order valence-corrected chi connectivity index (χ3v) is 3.41. The Bertz CT molecular complexity index is 416. The molecule has 1 aliphatic carbocycles. The summed E-state index contributed by atoms with van der Waals surface area (Å²) < 4.78 is 0. The van der Waals surface area contributed by atoms with Crippen LogP contribution in [0.15, 0.2) is 24.3 Å². The fraction of sp³-hybridized carbons (Fsp3) is 0.364. The smallest absolute Gasteiger partial charge is 0.224 e. The number of para-hydroxylation sites is 1. The Balaban J connectivity index is 2.06. The quantitative estimate of drug-likeness (QED) is 0.685. The number of aromatic hydroxyl groups is 1. The minimum atomic E-state index is -0.0948. The maximum atomic E-state index is 11.3. The summed E-state index contributed by atoms with van der Waals surface area (Å²) in [5.74, 6) is 0.538. The first-order valence-electron chi connectivity index (χ1n) is 4.80. The van der Waals surface area contributed by atoms with Gasteiger partial charge >= 0.3 is 0 Å². The average molecular weight is 189 g/mol. The molecule has 1 aromatic carbocycles. The Hall–Kier alpha value is -1.51. The molecular formula is C11H11NO2. The van der Waals surface area contributed by atoms with E-state index in [1.165, 1.54) is 0 Å². The zero-order valence-corrected chi connectivity index (χ0v) is 7.66. The molecule has 2 atom stereocenters. The third kappa shape index (κ3) is 0.794. The maximum Gasteiger partial charge on any atom is 0.224 e. The van der Waals surface area contributed by atoms with Crippen LogP contribution in [-0.4, -0.2) is 17.6 Å². The number of benzene rings is 1. The van der Waals surface area contributed by atoms with Crippen molar-refractivity contribution in [1.82, 2.24) is 5.32 Å². The molecule has 1 aliphatic heterocycles. The van der Waals surface area contributed by atoms with E-state index in [4.69, 9.17) is 0 Å². The Labute approximate surface area is 81.8 Å². The predicted molar refractivity (Wildman–Crippen MR) is 50.9 cm³/mol. The summed E-state index contributed by atoms with van der Waals surface area (Å²) in [6, 6.07) is 7.30. The van der Waals surface area contributed by atoms with Gasteiger partial charge in [0.05, 0.1) is 5.92 Å². The molecule has 0 spiro atoms. The van der Waals surface area contributed by atoms with Gasteiger partial charge in [-0.1, -0.05) is 18.2 Å². The lowest BCUT2D eigenvalue weighted by molar-refractivity contribution is -0.120. The van der Waals surface area contributed by atoms with Crippen molar-refractivity contribution in [3.8, 4) is 5.75 Å². The Morgan fingerprint density at radius 1 is 1.43 bits per heavy atom. The summed E-state index contributed by atoms with van der Waals surface area (Å²) in [5.41, 5.74) is 0.825. The van der Waals surface area contributed by atoms with Gasteiger partial charge < -0.3 is 10.4 Å². The first-order chi connectivity index (χ1) is 6.74. The van der Waals surface area contributed by atoms with Crippen molar-refractivity contribution in [3.05, 3.63) is 29.8 Å². The molecule has 1 aromatic rings. The number of carbonyl (C=O) groups excluding carboxylic acids is 1. The van der Waals surface area contributed by atoms with Gasteiger partial charge in [0.25, 0.3) is 0 Å². The summed E-state index contributed by atoms with van der Waals surface area (Å²) in [7, 11) is 0. The highest BCUT2D eigenvalue weighted by molar-refractivity contribution is 5.88. The molecule has 14 heavy (non-hydrogen) atoms. The molecule has 2 unspecified atom stereocenters. The molecule has 2 aliphatic rings. The average Bonchev–Trinajstić information content (AvgIpc) is 2.84. The van der Waals surface area contributed by atoms with Crippen molar-refractivity contribution in [2.45, 2.75) is 11.8 Å². The number of carbonyl (C=O) groups is 1. The molecule has 0 radical (unpaired) electrons. The number of hydrogen-bond acceptors (Lipinski definition) is 2. The van der Waals surface area contributed by atoms with Gasteiger partial charge in [0.2, 0.25) is 5.91 Å². The van der Waals surface area contributed by atoms with E-state index in [-0.39, 0.29) is 17.2 Å². The molecule has 72 valence electrons. The number of nitrogens with one attached hydrogen (secondary N) is 1. The van der Waals surface area contributed by atoms with Crippen LogP contribution < -0.4 is 5.32 Å². The molecule has 0 aromatic heterocycles. The molecule has 1 amide bonds. The molecule has 0 bridgehead atoms. The van der Waals surface area contributed by atoms with Gasteiger partial charge in [0.15, 0.2) is 0 Å². The highest BCUT2D eigenvalue weighted by Crippen LogP contribution is 2.58. The Morgan fingerprint density at radius 2 is 2.21 bits per heavy atom. The summed E-state index contributed by atoms with van der Waals surface area (Å²) >= 11 is 0. The van der Waals surface area contributed by atoms with Crippen LogP contribution in [0.3, 0.4) is 0 Å². The van der Waals surface area contributed by atoms with Crippen LogP contribution >= 0.6 is 0 Å². The van der Waals surface area contributed by atoms with Crippen LogP contribution in [0.1, 0.15) is 12.0 Å². The van der Waals surface area contributed by atoms with Crippen molar-refractivity contribution in [2.24, 2.45) is 5.92 Å². The topological polar surface area (TPSA) is 49.3 Å². The van der Waals surface area contributed by atoms with E-state index in [1.54, 1.807) is 12.1 Å². The van der Waals surface area contributed by atoms with Crippen LogP contribution in [-0.2, 0) is 10.2 Å². The molecule has 2 fully saturated rings. The second-order valence-corrected chi connectivity index (χ2v) is 4.15. The molecule has 3 rings (SSSR count). The van der Waals surface area contributed by atoms with Crippen molar-refractivity contribution in [3.63, 3.8) is 0 Å². The number of phenolic OH excluding ortho intramolecular Hbond substituents is 1. The van der Waals surface area contributed by atoms with Gasteiger partial charge in [-0.15, -0.1) is 0 Å². The number of hydrogen-bond donors (Lipinski definition) is 2. The van der Waals surface area contributed by atoms with Crippen LogP contribution in [0.25, 0.3) is 0 Å². The lowest BCUT2D eigenvalue weighted by Gasteiger charge is -2.12. The normalized spacial score (nSPS) is 33.7. The van der Waals surface area contributed by atoms with Crippen LogP contribution in [0, 0.1) is 5.92 Å². The minimum Gasteiger partial charge on any atom is -0.508 e.